The van der Waals surface area contributed by atoms with Crippen LogP contribution in [-0.4, -0.2) is 34.1 Å². The highest BCUT2D eigenvalue weighted by atomic mass is 16.4. The minimum absolute atomic E-state index is 0.152. The molecule has 15 heavy (non-hydrogen) atoms. The Balaban J connectivity index is 2.47. The molecule has 1 rings (SSSR count). The molecule has 0 aromatic heterocycles. The van der Waals surface area contributed by atoms with Crippen LogP contribution in [-0.2, 0) is 14.4 Å². The van der Waals surface area contributed by atoms with Crippen molar-refractivity contribution in [2.75, 3.05) is 0 Å². The Labute approximate surface area is 86.3 Å². The zero-order chi connectivity index (χ0) is 11.6. The van der Waals surface area contributed by atoms with E-state index in [1.54, 1.807) is 0 Å². The van der Waals surface area contributed by atoms with Crippen LogP contribution in [0.2, 0.25) is 0 Å². The van der Waals surface area contributed by atoms with Gasteiger partial charge in [-0.15, -0.1) is 0 Å². The average molecular weight is 215 g/mol. The van der Waals surface area contributed by atoms with E-state index in [0.717, 1.165) is 6.42 Å². The molecule has 0 saturated heterocycles. The standard InChI is InChI=1S/C9H13NO5/c1-4-2-5(4)8(13)10-6(9(14)15)3-7(11)12/h4-6H,2-3H2,1H3,(H,10,13)(H,11,12)(H,14,15)/t4?,5?,6-/m1/s1. The van der Waals surface area contributed by atoms with E-state index in [-0.39, 0.29) is 17.7 Å². The average Bonchev–Trinajstić information content (AvgIpc) is 2.80. The molecule has 3 atom stereocenters. The van der Waals surface area contributed by atoms with Gasteiger partial charge < -0.3 is 15.5 Å². The Morgan fingerprint density at radius 2 is 1.93 bits per heavy atom. The van der Waals surface area contributed by atoms with Gasteiger partial charge in [0.2, 0.25) is 5.91 Å². The first-order chi connectivity index (χ1) is 6.91. The van der Waals surface area contributed by atoms with Crippen LogP contribution >= 0.6 is 0 Å². The summed E-state index contributed by atoms with van der Waals surface area (Å²) in [6.45, 7) is 1.89. The highest BCUT2D eigenvalue weighted by molar-refractivity contribution is 5.88. The molecule has 3 N–H and O–H groups in total. The maximum atomic E-state index is 11.3. The van der Waals surface area contributed by atoms with Crippen LogP contribution in [0.1, 0.15) is 19.8 Å². The van der Waals surface area contributed by atoms with Crippen LogP contribution in [0.3, 0.4) is 0 Å². The molecule has 84 valence electrons. The molecule has 0 aromatic carbocycles. The third-order valence-corrected chi connectivity index (χ3v) is 2.44. The summed E-state index contributed by atoms with van der Waals surface area (Å²) >= 11 is 0. The molecule has 1 fully saturated rings. The number of hydrogen-bond donors (Lipinski definition) is 3. The summed E-state index contributed by atoms with van der Waals surface area (Å²) in [4.78, 5) is 32.3. The quantitative estimate of drug-likeness (QED) is 0.583. The number of hydrogen-bond acceptors (Lipinski definition) is 3. The number of nitrogens with one attached hydrogen (secondary N) is 1. The molecule has 1 aliphatic carbocycles. The van der Waals surface area contributed by atoms with Crippen molar-refractivity contribution >= 4 is 17.8 Å². The fourth-order valence-electron chi connectivity index (χ4n) is 1.34. The van der Waals surface area contributed by atoms with Gasteiger partial charge in [-0.25, -0.2) is 4.79 Å². The number of carboxylic acids is 2. The molecule has 0 aliphatic heterocycles. The predicted molar refractivity (Wildman–Crippen MR) is 49.1 cm³/mol. The van der Waals surface area contributed by atoms with Crippen molar-refractivity contribution in [3.05, 3.63) is 0 Å². The Bertz CT molecular complexity index is 301. The fourth-order valence-corrected chi connectivity index (χ4v) is 1.34. The lowest BCUT2D eigenvalue weighted by Gasteiger charge is -2.11. The number of aliphatic carboxylic acids is 2. The summed E-state index contributed by atoms with van der Waals surface area (Å²) in [6, 6.07) is -1.33. The Kier molecular flexibility index (Phi) is 3.28. The van der Waals surface area contributed by atoms with Gasteiger partial charge in [-0.3, -0.25) is 9.59 Å². The summed E-state index contributed by atoms with van der Waals surface area (Å²) in [5.41, 5.74) is 0. The van der Waals surface area contributed by atoms with Crippen molar-refractivity contribution in [1.29, 1.82) is 0 Å². The van der Waals surface area contributed by atoms with E-state index in [2.05, 4.69) is 5.32 Å². The van der Waals surface area contributed by atoms with E-state index >= 15 is 0 Å². The molecule has 6 nitrogen and oxygen atoms in total. The second-order valence-corrected chi connectivity index (χ2v) is 3.82. The molecule has 0 bridgehead atoms. The van der Waals surface area contributed by atoms with E-state index in [4.69, 9.17) is 10.2 Å². The lowest BCUT2D eigenvalue weighted by molar-refractivity contribution is -0.147. The van der Waals surface area contributed by atoms with Crippen molar-refractivity contribution in [2.24, 2.45) is 11.8 Å². The van der Waals surface area contributed by atoms with Crippen molar-refractivity contribution < 1.29 is 24.6 Å². The zero-order valence-corrected chi connectivity index (χ0v) is 8.27. The molecule has 1 aliphatic rings. The number of carbonyl (C=O) groups is 3. The van der Waals surface area contributed by atoms with E-state index in [1.807, 2.05) is 6.92 Å². The van der Waals surface area contributed by atoms with Gasteiger partial charge in [-0.2, -0.15) is 0 Å². The lowest BCUT2D eigenvalue weighted by Crippen LogP contribution is -2.43. The van der Waals surface area contributed by atoms with Crippen LogP contribution < -0.4 is 5.32 Å². The Morgan fingerprint density at radius 3 is 2.27 bits per heavy atom. The van der Waals surface area contributed by atoms with Crippen molar-refractivity contribution in [2.45, 2.75) is 25.8 Å². The summed E-state index contributed by atoms with van der Waals surface area (Å²) in [5.74, 6) is -2.81. The molecular formula is C9H13NO5. The smallest absolute Gasteiger partial charge is 0.326 e. The van der Waals surface area contributed by atoms with Gasteiger partial charge in [0, 0.05) is 5.92 Å². The Hall–Kier alpha value is -1.59. The van der Waals surface area contributed by atoms with Gasteiger partial charge >= 0.3 is 11.9 Å². The summed E-state index contributed by atoms with van der Waals surface area (Å²) in [7, 11) is 0. The van der Waals surface area contributed by atoms with Gasteiger partial charge in [0.15, 0.2) is 0 Å². The molecule has 0 aromatic rings. The number of carboxylic acid groups (broad SMARTS) is 2. The van der Waals surface area contributed by atoms with Gasteiger partial charge in [-0.1, -0.05) is 6.92 Å². The topological polar surface area (TPSA) is 104 Å². The van der Waals surface area contributed by atoms with Crippen LogP contribution in [0, 0.1) is 11.8 Å². The van der Waals surface area contributed by atoms with Gasteiger partial charge in [-0.05, 0) is 12.3 Å². The van der Waals surface area contributed by atoms with Gasteiger partial charge in [0.05, 0.1) is 6.42 Å². The van der Waals surface area contributed by atoms with Crippen molar-refractivity contribution in [1.82, 2.24) is 5.32 Å². The molecule has 0 heterocycles. The maximum absolute atomic E-state index is 11.3. The molecular weight excluding hydrogens is 202 g/mol. The normalized spacial score (nSPS) is 25.4. The zero-order valence-electron chi connectivity index (χ0n) is 8.27. The minimum Gasteiger partial charge on any atom is -0.481 e. The molecule has 1 amide bonds. The molecule has 1 saturated carbocycles. The first-order valence-corrected chi connectivity index (χ1v) is 4.66. The van der Waals surface area contributed by atoms with E-state index in [9.17, 15) is 14.4 Å². The lowest BCUT2D eigenvalue weighted by atomic mass is 10.2. The molecule has 2 unspecified atom stereocenters. The van der Waals surface area contributed by atoms with Crippen LogP contribution in [0.25, 0.3) is 0 Å². The first-order valence-electron chi connectivity index (χ1n) is 4.66. The van der Waals surface area contributed by atoms with Crippen LogP contribution in [0.5, 0.6) is 0 Å². The SMILES string of the molecule is CC1CC1C(=O)N[C@H](CC(=O)O)C(=O)O. The minimum atomic E-state index is -1.33. The fraction of sp³-hybridized carbons (Fsp3) is 0.667. The first kappa shape index (κ1) is 11.5. The summed E-state index contributed by atoms with van der Waals surface area (Å²) in [5, 5.41) is 19.3. The molecule has 0 spiro atoms. The van der Waals surface area contributed by atoms with Crippen LogP contribution in [0.15, 0.2) is 0 Å². The Morgan fingerprint density at radius 1 is 1.40 bits per heavy atom. The largest absolute Gasteiger partial charge is 0.481 e. The maximum Gasteiger partial charge on any atom is 0.326 e. The second kappa shape index (κ2) is 4.29. The third-order valence-electron chi connectivity index (χ3n) is 2.44. The van der Waals surface area contributed by atoms with Crippen molar-refractivity contribution in [3.8, 4) is 0 Å². The molecule has 0 radical (unpaired) electrons. The number of carbonyl (C=O) groups excluding carboxylic acids is 1. The van der Waals surface area contributed by atoms with E-state index < -0.39 is 24.4 Å². The van der Waals surface area contributed by atoms with Gasteiger partial charge in [0.1, 0.15) is 6.04 Å². The monoisotopic (exact) mass is 215 g/mol. The van der Waals surface area contributed by atoms with E-state index in [0.29, 0.717) is 0 Å². The van der Waals surface area contributed by atoms with E-state index in [1.165, 1.54) is 0 Å². The van der Waals surface area contributed by atoms with Gasteiger partial charge in [0.25, 0.3) is 0 Å². The van der Waals surface area contributed by atoms with Crippen molar-refractivity contribution in [3.63, 3.8) is 0 Å². The molecule has 6 heteroatoms. The highest BCUT2D eigenvalue weighted by Crippen LogP contribution is 2.37. The third kappa shape index (κ3) is 3.23. The highest BCUT2D eigenvalue weighted by Gasteiger charge is 2.40. The number of amides is 1. The summed E-state index contributed by atoms with van der Waals surface area (Å²) < 4.78 is 0. The summed E-state index contributed by atoms with van der Waals surface area (Å²) in [6.07, 6.45) is 0.146. The second-order valence-electron chi connectivity index (χ2n) is 3.82. The number of rotatable bonds is 5. The predicted octanol–water partition coefficient (Wildman–Crippen LogP) is -0.313. The van der Waals surface area contributed by atoms with Crippen LogP contribution in [0.4, 0.5) is 0 Å².